The van der Waals surface area contributed by atoms with Crippen molar-refractivity contribution >= 4 is 28.6 Å². The lowest BCUT2D eigenvalue weighted by molar-refractivity contribution is -0.385. The van der Waals surface area contributed by atoms with Crippen LogP contribution in [0.2, 0.25) is 0 Å². The molecular weight excluding hydrogens is 338 g/mol. The van der Waals surface area contributed by atoms with Crippen LogP contribution >= 0.6 is 0 Å². The highest BCUT2D eigenvalue weighted by atomic mass is 16.6. The zero-order valence-corrected chi connectivity index (χ0v) is 13.3. The zero-order chi connectivity index (χ0) is 18.7. The molecule has 0 unspecified atom stereocenters. The molecule has 0 fully saturated rings. The van der Waals surface area contributed by atoms with Crippen LogP contribution in [0.15, 0.2) is 59.7 Å². The topological polar surface area (TPSA) is 125 Å². The summed E-state index contributed by atoms with van der Waals surface area (Å²) in [4.78, 5) is 22.1. The van der Waals surface area contributed by atoms with Crippen molar-refractivity contribution in [2.24, 2.45) is 5.10 Å². The van der Waals surface area contributed by atoms with Crippen LogP contribution in [-0.4, -0.2) is 27.3 Å². The number of phenols is 2. The zero-order valence-electron chi connectivity index (χ0n) is 13.3. The van der Waals surface area contributed by atoms with E-state index in [2.05, 4.69) is 10.5 Å². The van der Waals surface area contributed by atoms with Gasteiger partial charge in [0.2, 0.25) is 0 Å². The number of hydrazone groups is 1. The SMILES string of the molecule is O=C(N/N=C/c1ccc([N+](=O)[O-])c(O)c1)c1cc2ccccc2cc1O. The first-order chi connectivity index (χ1) is 12.5. The molecule has 1 amide bonds. The molecular formula is C18H13N3O5. The quantitative estimate of drug-likeness (QED) is 0.378. The van der Waals surface area contributed by atoms with Gasteiger partial charge < -0.3 is 10.2 Å². The van der Waals surface area contributed by atoms with Crippen molar-refractivity contribution in [1.29, 1.82) is 0 Å². The van der Waals surface area contributed by atoms with E-state index in [9.17, 15) is 25.1 Å². The molecule has 0 bridgehead atoms. The van der Waals surface area contributed by atoms with Crippen LogP contribution in [0.25, 0.3) is 10.8 Å². The molecule has 0 saturated carbocycles. The number of benzene rings is 3. The number of nitrogens with zero attached hydrogens (tertiary/aromatic N) is 2. The Morgan fingerprint density at radius 2 is 1.73 bits per heavy atom. The third-order valence-corrected chi connectivity index (χ3v) is 3.68. The normalized spacial score (nSPS) is 10.9. The molecule has 130 valence electrons. The number of amides is 1. The van der Waals surface area contributed by atoms with Gasteiger partial charge in [-0.05, 0) is 40.6 Å². The van der Waals surface area contributed by atoms with Gasteiger partial charge in [0, 0.05) is 6.07 Å². The van der Waals surface area contributed by atoms with E-state index in [1.165, 1.54) is 18.3 Å². The van der Waals surface area contributed by atoms with Gasteiger partial charge in [-0.2, -0.15) is 5.10 Å². The summed E-state index contributed by atoms with van der Waals surface area (Å²) in [6, 6.07) is 14.0. The van der Waals surface area contributed by atoms with Crippen LogP contribution in [0.4, 0.5) is 5.69 Å². The minimum atomic E-state index is -0.708. The number of carbonyl (C=O) groups is 1. The molecule has 0 aromatic heterocycles. The summed E-state index contributed by atoms with van der Waals surface area (Å²) in [6.45, 7) is 0. The molecule has 0 atom stereocenters. The number of hydrogen-bond acceptors (Lipinski definition) is 6. The molecule has 3 aromatic carbocycles. The second-order valence-corrected chi connectivity index (χ2v) is 5.42. The fraction of sp³-hybridized carbons (Fsp3) is 0. The average molecular weight is 351 g/mol. The van der Waals surface area contributed by atoms with Crippen molar-refractivity contribution < 1.29 is 19.9 Å². The van der Waals surface area contributed by atoms with Crippen LogP contribution in [0.1, 0.15) is 15.9 Å². The summed E-state index contributed by atoms with van der Waals surface area (Å²) in [6.07, 6.45) is 1.22. The second-order valence-electron chi connectivity index (χ2n) is 5.42. The molecule has 0 saturated heterocycles. The van der Waals surface area contributed by atoms with E-state index < -0.39 is 22.3 Å². The maximum Gasteiger partial charge on any atom is 0.310 e. The Labute approximate surface area is 147 Å². The summed E-state index contributed by atoms with van der Waals surface area (Å²) in [5, 5.41) is 35.5. The number of nitro groups is 1. The Morgan fingerprint density at radius 3 is 2.38 bits per heavy atom. The number of carbonyl (C=O) groups excluding carboxylic acids is 1. The van der Waals surface area contributed by atoms with Crippen LogP contribution in [0.3, 0.4) is 0 Å². The minimum Gasteiger partial charge on any atom is -0.507 e. The first kappa shape index (κ1) is 16.9. The minimum absolute atomic E-state index is 0.0624. The largest absolute Gasteiger partial charge is 0.507 e. The highest BCUT2D eigenvalue weighted by molar-refractivity contribution is 6.01. The van der Waals surface area contributed by atoms with Gasteiger partial charge in [-0.25, -0.2) is 5.43 Å². The standard InChI is InChI=1S/C18H13N3O5/c22-16-9-13-4-2-1-3-12(13)8-14(16)18(24)20-19-10-11-5-6-15(21(25)26)17(23)7-11/h1-10,22-23H,(H,20,24)/b19-10+. The summed E-state index contributed by atoms with van der Waals surface area (Å²) in [5.41, 5.74) is 2.26. The van der Waals surface area contributed by atoms with E-state index in [1.807, 2.05) is 24.3 Å². The van der Waals surface area contributed by atoms with Crippen LogP contribution in [0, 0.1) is 10.1 Å². The summed E-state index contributed by atoms with van der Waals surface area (Å²) in [5.74, 6) is -1.29. The molecule has 3 N–H and O–H groups in total. The lowest BCUT2D eigenvalue weighted by Crippen LogP contribution is -2.17. The Morgan fingerprint density at radius 1 is 1.04 bits per heavy atom. The van der Waals surface area contributed by atoms with Gasteiger partial charge in [-0.15, -0.1) is 0 Å². The van der Waals surface area contributed by atoms with Gasteiger partial charge in [0.15, 0.2) is 5.75 Å². The maximum absolute atomic E-state index is 12.2. The van der Waals surface area contributed by atoms with Crippen LogP contribution in [0.5, 0.6) is 11.5 Å². The number of hydrogen-bond donors (Lipinski definition) is 3. The fourth-order valence-corrected chi connectivity index (χ4v) is 2.41. The Bertz CT molecular complexity index is 1050. The van der Waals surface area contributed by atoms with Crippen molar-refractivity contribution in [3.05, 3.63) is 75.8 Å². The van der Waals surface area contributed by atoms with E-state index in [-0.39, 0.29) is 11.3 Å². The van der Waals surface area contributed by atoms with Crippen molar-refractivity contribution in [3.63, 3.8) is 0 Å². The van der Waals surface area contributed by atoms with Crippen molar-refractivity contribution in [2.45, 2.75) is 0 Å². The predicted molar refractivity (Wildman–Crippen MR) is 95.4 cm³/mol. The molecule has 3 rings (SSSR count). The number of nitro benzene ring substituents is 1. The molecule has 0 spiro atoms. The Balaban J connectivity index is 1.76. The van der Waals surface area contributed by atoms with Gasteiger partial charge in [0.05, 0.1) is 16.7 Å². The molecule has 0 aliphatic carbocycles. The van der Waals surface area contributed by atoms with E-state index in [1.54, 1.807) is 6.07 Å². The number of rotatable bonds is 4. The van der Waals surface area contributed by atoms with Crippen molar-refractivity contribution in [1.82, 2.24) is 5.43 Å². The lowest BCUT2D eigenvalue weighted by Gasteiger charge is -2.05. The third-order valence-electron chi connectivity index (χ3n) is 3.68. The summed E-state index contributed by atoms with van der Waals surface area (Å²) in [7, 11) is 0. The van der Waals surface area contributed by atoms with Gasteiger partial charge in [-0.3, -0.25) is 14.9 Å². The fourth-order valence-electron chi connectivity index (χ4n) is 2.41. The number of aromatic hydroxyl groups is 2. The first-order valence-electron chi connectivity index (χ1n) is 7.48. The van der Waals surface area contributed by atoms with E-state index in [4.69, 9.17) is 0 Å². The van der Waals surface area contributed by atoms with Crippen molar-refractivity contribution in [2.75, 3.05) is 0 Å². The molecule has 26 heavy (non-hydrogen) atoms. The number of fused-ring (bicyclic) bond motifs is 1. The number of nitrogens with one attached hydrogen (secondary N) is 1. The molecule has 0 aliphatic rings. The van der Waals surface area contributed by atoms with Gasteiger partial charge in [-0.1, -0.05) is 24.3 Å². The molecule has 0 aliphatic heterocycles. The lowest BCUT2D eigenvalue weighted by atomic mass is 10.1. The Kier molecular flexibility index (Phi) is 4.48. The molecule has 3 aromatic rings. The van der Waals surface area contributed by atoms with E-state index in [0.29, 0.717) is 5.56 Å². The first-order valence-corrected chi connectivity index (χ1v) is 7.48. The highest BCUT2D eigenvalue weighted by Gasteiger charge is 2.13. The maximum atomic E-state index is 12.2. The van der Waals surface area contributed by atoms with Crippen molar-refractivity contribution in [3.8, 4) is 11.5 Å². The number of phenolic OH excluding ortho intramolecular Hbond substituents is 2. The highest BCUT2D eigenvalue weighted by Crippen LogP contribution is 2.26. The van der Waals surface area contributed by atoms with Crippen LogP contribution in [-0.2, 0) is 0 Å². The van der Waals surface area contributed by atoms with E-state index >= 15 is 0 Å². The molecule has 8 heteroatoms. The van der Waals surface area contributed by atoms with Gasteiger partial charge in [0.25, 0.3) is 5.91 Å². The van der Waals surface area contributed by atoms with E-state index in [0.717, 1.165) is 22.9 Å². The summed E-state index contributed by atoms with van der Waals surface area (Å²) < 4.78 is 0. The molecule has 0 radical (unpaired) electrons. The smallest absolute Gasteiger partial charge is 0.310 e. The molecule has 8 nitrogen and oxygen atoms in total. The second kappa shape index (κ2) is 6.89. The molecule has 0 heterocycles. The van der Waals surface area contributed by atoms with Gasteiger partial charge in [0.1, 0.15) is 5.75 Å². The average Bonchev–Trinajstić information content (AvgIpc) is 2.60. The van der Waals surface area contributed by atoms with Gasteiger partial charge >= 0.3 is 5.69 Å². The summed E-state index contributed by atoms with van der Waals surface area (Å²) >= 11 is 0. The van der Waals surface area contributed by atoms with Crippen LogP contribution < -0.4 is 5.43 Å². The monoisotopic (exact) mass is 351 g/mol. The Hall–Kier alpha value is -3.94. The predicted octanol–water partition coefficient (Wildman–Crippen LogP) is 2.92. The third kappa shape index (κ3) is 3.44.